The molecule has 0 aliphatic heterocycles. The highest BCUT2D eigenvalue weighted by molar-refractivity contribution is 7.09. The highest BCUT2D eigenvalue weighted by atomic mass is 32.1. The topological polar surface area (TPSA) is 24.9 Å². The first kappa shape index (κ1) is 12.1. The fourth-order valence-electron chi connectivity index (χ4n) is 1.64. The predicted octanol–water partition coefficient (Wildman–Crippen LogP) is 3.90. The van der Waals surface area contributed by atoms with Crippen LogP contribution >= 0.6 is 11.3 Å². The first-order valence-electron chi connectivity index (χ1n) is 5.90. The molecule has 1 aromatic heterocycles. The molecule has 0 radical (unpaired) electrons. The third-order valence-corrected chi connectivity index (χ3v) is 3.63. The molecule has 0 spiro atoms. The average molecular weight is 246 g/mol. The van der Waals surface area contributed by atoms with E-state index in [0.717, 1.165) is 12.1 Å². The fourth-order valence-corrected chi connectivity index (χ4v) is 2.63. The smallest absolute Gasteiger partial charge is 0.0972 e. The molecular weight excluding hydrogens is 228 g/mol. The van der Waals surface area contributed by atoms with Gasteiger partial charge in [-0.25, -0.2) is 4.98 Å². The van der Waals surface area contributed by atoms with Crippen LogP contribution in [0, 0.1) is 0 Å². The largest absolute Gasteiger partial charge is 0.388 e. The van der Waals surface area contributed by atoms with E-state index in [1.807, 2.05) is 7.05 Å². The van der Waals surface area contributed by atoms with E-state index in [0.29, 0.717) is 5.92 Å². The average Bonchev–Trinajstić information content (AvgIpc) is 2.79. The SMILES string of the molecule is CNc1ccc(Cc2nc(C(C)C)cs2)cc1. The van der Waals surface area contributed by atoms with E-state index < -0.39 is 0 Å². The van der Waals surface area contributed by atoms with E-state index in [2.05, 4.69) is 53.8 Å². The van der Waals surface area contributed by atoms with Gasteiger partial charge in [0.2, 0.25) is 0 Å². The summed E-state index contributed by atoms with van der Waals surface area (Å²) < 4.78 is 0. The highest BCUT2D eigenvalue weighted by Crippen LogP contribution is 2.20. The Bertz CT molecular complexity index is 471. The first-order valence-corrected chi connectivity index (χ1v) is 6.78. The minimum atomic E-state index is 0.520. The maximum atomic E-state index is 4.65. The lowest BCUT2D eigenvalue weighted by atomic mass is 10.1. The molecule has 3 heteroatoms. The quantitative estimate of drug-likeness (QED) is 0.885. The molecule has 0 bridgehead atoms. The molecule has 0 saturated heterocycles. The van der Waals surface area contributed by atoms with E-state index in [1.54, 1.807) is 11.3 Å². The van der Waals surface area contributed by atoms with Crippen LogP contribution in [0.15, 0.2) is 29.6 Å². The summed E-state index contributed by atoms with van der Waals surface area (Å²) >= 11 is 1.76. The minimum absolute atomic E-state index is 0.520. The van der Waals surface area contributed by atoms with E-state index in [4.69, 9.17) is 0 Å². The maximum absolute atomic E-state index is 4.65. The zero-order chi connectivity index (χ0) is 12.3. The number of nitrogens with one attached hydrogen (secondary N) is 1. The summed E-state index contributed by atoms with van der Waals surface area (Å²) in [4.78, 5) is 4.65. The maximum Gasteiger partial charge on any atom is 0.0972 e. The van der Waals surface area contributed by atoms with Crippen molar-refractivity contribution in [3.63, 3.8) is 0 Å². The summed E-state index contributed by atoms with van der Waals surface area (Å²) in [7, 11) is 1.94. The van der Waals surface area contributed by atoms with Crippen molar-refractivity contribution in [2.24, 2.45) is 0 Å². The van der Waals surface area contributed by atoms with Crippen molar-refractivity contribution >= 4 is 17.0 Å². The van der Waals surface area contributed by atoms with Crippen molar-refractivity contribution in [1.29, 1.82) is 0 Å². The molecule has 17 heavy (non-hydrogen) atoms. The molecule has 0 amide bonds. The Hall–Kier alpha value is -1.35. The summed E-state index contributed by atoms with van der Waals surface area (Å²) in [5, 5.41) is 6.49. The first-order chi connectivity index (χ1) is 8.19. The zero-order valence-electron chi connectivity index (χ0n) is 10.5. The van der Waals surface area contributed by atoms with Gasteiger partial charge in [0.25, 0.3) is 0 Å². The van der Waals surface area contributed by atoms with Gasteiger partial charge in [0.15, 0.2) is 0 Å². The Morgan fingerprint density at radius 2 is 1.94 bits per heavy atom. The standard InChI is InChI=1S/C14H18N2S/c1-10(2)13-9-17-14(16-13)8-11-4-6-12(15-3)7-5-11/h4-7,9-10,15H,8H2,1-3H3. The van der Waals surface area contributed by atoms with E-state index in [9.17, 15) is 0 Å². The number of nitrogens with zero attached hydrogens (tertiary/aromatic N) is 1. The van der Waals surface area contributed by atoms with Crippen LogP contribution in [0.3, 0.4) is 0 Å². The molecular formula is C14H18N2S. The van der Waals surface area contributed by atoms with Gasteiger partial charge >= 0.3 is 0 Å². The van der Waals surface area contributed by atoms with Gasteiger partial charge < -0.3 is 5.32 Å². The monoisotopic (exact) mass is 246 g/mol. The van der Waals surface area contributed by atoms with Gasteiger partial charge in [0.1, 0.15) is 0 Å². The molecule has 0 atom stereocenters. The normalized spacial score (nSPS) is 10.8. The predicted molar refractivity (Wildman–Crippen MR) is 75.0 cm³/mol. The molecule has 2 rings (SSSR count). The van der Waals surface area contributed by atoms with Crippen LogP contribution in [0.25, 0.3) is 0 Å². The van der Waals surface area contributed by atoms with E-state index in [-0.39, 0.29) is 0 Å². The Kier molecular flexibility index (Phi) is 3.79. The van der Waals surface area contributed by atoms with Crippen molar-refractivity contribution in [1.82, 2.24) is 4.98 Å². The summed E-state index contributed by atoms with van der Waals surface area (Å²) in [5.41, 5.74) is 3.67. The van der Waals surface area contributed by atoms with Crippen molar-refractivity contribution < 1.29 is 0 Å². The molecule has 1 heterocycles. The lowest BCUT2D eigenvalue weighted by Gasteiger charge is -2.02. The Morgan fingerprint density at radius 3 is 2.47 bits per heavy atom. The van der Waals surface area contributed by atoms with E-state index >= 15 is 0 Å². The molecule has 1 aromatic carbocycles. The van der Waals surface area contributed by atoms with Gasteiger partial charge in [0.05, 0.1) is 10.7 Å². The Balaban J connectivity index is 2.08. The van der Waals surface area contributed by atoms with Crippen LogP contribution in [0.2, 0.25) is 0 Å². The summed E-state index contributed by atoms with van der Waals surface area (Å²) in [6.07, 6.45) is 0.932. The number of hydrogen-bond acceptors (Lipinski definition) is 3. The molecule has 2 aromatic rings. The van der Waals surface area contributed by atoms with Gasteiger partial charge in [-0.2, -0.15) is 0 Å². The molecule has 90 valence electrons. The molecule has 1 N–H and O–H groups in total. The summed E-state index contributed by atoms with van der Waals surface area (Å²) in [5.74, 6) is 0.520. The number of benzene rings is 1. The second kappa shape index (κ2) is 5.32. The van der Waals surface area contributed by atoms with Gasteiger partial charge in [0, 0.05) is 24.5 Å². The molecule has 0 saturated carbocycles. The Morgan fingerprint density at radius 1 is 1.24 bits per heavy atom. The number of thiazole rings is 1. The minimum Gasteiger partial charge on any atom is -0.388 e. The lowest BCUT2D eigenvalue weighted by Crippen LogP contribution is -1.92. The fraction of sp³-hybridized carbons (Fsp3) is 0.357. The molecule has 0 unspecified atom stereocenters. The van der Waals surface area contributed by atoms with Gasteiger partial charge in [-0.15, -0.1) is 11.3 Å². The lowest BCUT2D eigenvalue weighted by molar-refractivity contribution is 0.825. The Labute approximate surface area is 107 Å². The summed E-state index contributed by atoms with van der Waals surface area (Å²) in [6, 6.07) is 8.52. The van der Waals surface area contributed by atoms with Crippen LogP contribution in [0.5, 0.6) is 0 Å². The number of aromatic nitrogens is 1. The number of anilines is 1. The van der Waals surface area contributed by atoms with Crippen LogP contribution in [-0.4, -0.2) is 12.0 Å². The zero-order valence-corrected chi connectivity index (χ0v) is 11.3. The molecule has 0 fully saturated rings. The third-order valence-electron chi connectivity index (χ3n) is 2.76. The second-order valence-corrected chi connectivity index (χ2v) is 5.39. The molecule has 0 aliphatic carbocycles. The number of rotatable bonds is 4. The van der Waals surface area contributed by atoms with Crippen molar-refractivity contribution in [2.45, 2.75) is 26.2 Å². The second-order valence-electron chi connectivity index (χ2n) is 4.44. The van der Waals surface area contributed by atoms with Gasteiger partial charge in [-0.05, 0) is 23.6 Å². The van der Waals surface area contributed by atoms with Crippen molar-refractivity contribution in [3.05, 3.63) is 45.9 Å². The number of hydrogen-bond donors (Lipinski definition) is 1. The van der Waals surface area contributed by atoms with E-state index in [1.165, 1.54) is 16.3 Å². The van der Waals surface area contributed by atoms with Crippen molar-refractivity contribution in [2.75, 3.05) is 12.4 Å². The van der Waals surface area contributed by atoms with Crippen LogP contribution in [-0.2, 0) is 6.42 Å². The van der Waals surface area contributed by atoms with Crippen LogP contribution in [0.1, 0.15) is 36.0 Å². The van der Waals surface area contributed by atoms with Crippen LogP contribution < -0.4 is 5.32 Å². The van der Waals surface area contributed by atoms with Crippen LogP contribution in [0.4, 0.5) is 5.69 Å². The highest BCUT2D eigenvalue weighted by Gasteiger charge is 2.06. The molecule has 2 nitrogen and oxygen atoms in total. The van der Waals surface area contributed by atoms with Gasteiger partial charge in [-0.3, -0.25) is 0 Å². The third kappa shape index (κ3) is 3.07. The molecule has 0 aliphatic rings. The van der Waals surface area contributed by atoms with Crippen molar-refractivity contribution in [3.8, 4) is 0 Å². The summed E-state index contributed by atoms with van der Waals surface area (Å²) in [6.45, 7) is 4.36. The van der Waals surface area contributed by atoms with Gasteiger partial charge in [-0.1, -0.05) is 26.0 Å².